The highest BCUT2D eigenvalue weighted by atomic mass is 16.2. The summed E-state index contributed by atoms with van der Waals surface area (Å²) in [4.78, 5) is 11.9. The first-order chi connectivity index (χ1) is 9.29. The van der Waals surface area contributed by atoms with Crippen LogP contribution in [0.1, 0.15) is 32.1 Å². The minimum Gasteiger partial charge on any atom is -0.322 e. The number of carbonyl (C=O) groups excluding carboxylic acids is 1. The largest absolute Gasteiger partial charge is 0.322 e. The van der Waals surface area contributed by atoms with Crippen molar-refractivity contribution in [2.24, 2.45) is 5.92 Å². The van der Waals surface area contributed by atoms with Crippen LogP contribution in [-0.2, 0) is 0 Å². The van der Waals surface area contributed by atoms with Gasteiger partial charge in [-0.15, -0.1) is 0 Å². The molecule has 1 aliphatic rings. The summed E-state index contributed by atoms with van der Waals surface area (Å²) >= 11 is 0. The third-order valence-electron chi connectivity index (χ3n) is 3.58. The molecular formula is C15H19N3O. The van der Waals surface area contributed by atoms with E-state index in [0.717, 1.165) is 31.4 Å². The van der Waals surface area contributed by atoms with E-state index in [1.54, 1.807) is 0 Å². The molecule has 0 radical (unpaired) electrons. The molecule has 0 aromatic heterocycles. The fourth-order valence-electron chi connectivity index (χ4n) is 2.55. The lowest BCUT2D eigenvalue weighted by atomic mass is 9.84. The van der Waals surface area contributed by atoms with Gasteiger partial charge in [0, 0.05) is 5.69 Å². The fourth-order valence-corrected chi connectivity index (χ4v) is 2.55. The van der Waals surface area contributed by atoms with Crippen LogP contribution in [-0.4, -0.2) is 12.1 Å². The Morgan fingerprint density at radius 1 is 1.21 bits per heavy atom. The molecule has 2 amide bonds. The normalized spacial score (nSPS) is 17.2. The highest BCUT2D eigenvalue weighted by Crippen LogP contribution is 2.26. The first kappa shape index (κ1) is 13.4. The van der Waals surface area contributed by atoms with Crippen molar-refractivity contribution >= 4 is 11.7 Å². The van der Waals surface area contributed by atoms with Gasteiger partial charge in [0.15, 0.2) is 0 Å². The number of nitriles is 1. The first-order valence-corrected chi connectivity index (χ1v) is 6.82. The molecular weight excluding hydrogens is 238 g/mol. The summed E-state index contributed by atoms with van der Waals surface area (Å²) in [6.07, 6.45) is 5.62. The summed E-state index contributed by atoms with van der Waals surface area (Å²) < 4.78 is 0. The Labute approximate surface area is 113 Å². The summed E-state index contributed by atoms with van der Waals surface area (Å²) in [5, 5.41) is 14.7. The molecule has 2 N–H and O–H groups in total. The monoisotopic (exact) mass is 257 g/mol. The zero-order valence-corrected chi connectivity index (χ0v) is 10.9. The second-order valence-electron chi connectivity index (χ2n) is 4.97. The van der Waals surface area contributed by atoms with Crippen molar-refractivity contribution in [1.82, 2.24) is 5.32 Å². The smallest absolute Gasteiger partial charge is 0.320 e. The summed E-state index contributed by atoms with van der Waals surface area (Å²) in [6.45, 7) is 0. The van der Waals surface area contributed by atoms with E-state index in [9.17, 15) is 10.1 Å². The van der Waals surface area contributed by atoms with Gasteiger partial charge in [0.05, 0.1) is 6.07 Å². The summed E-state index contributed by atoms with van der Waals surface area (Å²) in [6, 6.07) is 10.8. The average Bonchev–Trinajstić information content (AvgIpc) is 2.47. The molecule has 0 spiro atoms. The minimum atomic E-state index is -0.385. The SMILES string of the molecule is N#CC(NC(=O)Nc1ccccc1)C1CCCCC1. The van der Waals surface area contributed by atoms with Crippen molar-refractivity contribution in [2.45, 2.75) is 38.1 Å². The third-order valence-corrected chi connectivity index (χ3v) is 3.58. The van der Waals surface area contributed by atoms with Gasteiger partial charge < -0.3 is 10.6 Å². The van der Waals surface area contributed by atoms with Crippen LogP contribution in [0.25, 0.3) is 0 Å². The van der Waals surface area contributed by atoms with E-state index < -0.39 is 0 Å². The fraction of sp³-hybridized carbons (Fsp3) is 0.467. The van der Waals surface area contributed by atoms with E-state index in [1.165, 1.54) is 6.42 Å². The number of hydrogen-bond donors (Lipinski definition) is 2. The highest BCUT2D eigenvalue weighted by Gasteiger charge is 2.24. The molecule has 1 atom stereocenters. The van der Waals surface area contributed by atoms with Gasteiger partial charge in [0.2, 0.25) is 0 Å². The Morgan fingerprint density at radius 3 is 2.53 bits per heavy atom. The number of para-hydroxylation sites is 1. The van der Waals surface area contributed by atoms with E-state index in [0.29, 0.717) is 5.92 Å². The number of anilines is 1. The molecule has 0 aliphatic heterocycles. The van der Waals surface area contributed by atoms with Crippen LogP contribution >= 0.6 is 0 Å². The van der Waals surface area contributed by atoms with Crippen LogP contribution in [0.4, 0.5) is 10.5 Å². The van der Waals surface area contributed by atoms with Gasteiger partial charge in [-0.3, -0.25) is 0 Å². The number of rotatable bonds is 3. The van der Waals surface area contributed by atoms with Crippen molar-refractivity contribution in [3.05, 3.63) is 30.3 Å². The maximum absolute atomic E-state index is 11.9. The van der Waals surface area contributed by atoms with Gasteiger partial charge >= 0.3 is 6.03 Å². The summed E-state index contributed by atoms with van der Waals surface area (Å²) in [5.74, 6) is 0.292. The van der Waals surface area contributed by atoms with Gasteiger partial charge in [-0.05, 0) is 30.9 Å². The molecule has 100 valence electrons. The number of urea groups is 1. The molecule has 4 heteroatoms. The predicted octanol–water partition coefficient (Wildman–Crippen LogP) is 3.28. The Hall–Kier alpha value is -2.02. The van der Waals surface area contributed by atoms with Gasteiger partial charge in [0.25, 0.3) is 0 Å². The quantitative estimate of drug-likeness (QED) is 0.872. The molecule has 1 saturated carbocycles. The number of carbonyl (C=O) groups is 1. The molecule has 1 fully saturated rings. The van der Waals surface area contributed by atoms with Crippen molar-refractivity contribution in [2.75, 3.05) is 5.32 Å². The zero-order chi connectivity index (χ0) is 13.5. The second-order valence-corrected chi connectivity index (χ2v) is 4.97. The van der Waals surface area contributed by atoms with Crippen LogP contribution < -0.4 is 10.6 Å². The van der Waals surface area contributed by atoms with E-state index in [4.69, 9.17) is 0 Å². The lowest BCUT2D eigenvalue weighted by Gasteiger charge is -2.26. The number of nitrogens with zero attached hydrogens (tertiary/aromatic N) is 1. The molecule has 4 nitrogen and oxygen atoms in total. The van der Waals surface area contributed by atoms with Gasteiger partial charge in [0.1, 0.15) is 6.04 Å². The standard InChI is InChI=1S/C15H19N3O/c16-11-14(12-7-3-1-4-8-12)18-15(19)17-13-9-5-2-6-10-13/h2,5-6,9-10,12,14H,1,3-4,7-8H2,(H2,17,18,19). The third kappa shape index (κ3) is 3.99. The predicted molar refractivity (Wildman–Crippen MR) is 74.6 cm³/mol. The summed E-state index contributed by atoms with van der Waals surface area (Å²) in [5.41, 5.74) is 0.736. The summed E-state index contributed by atoms with van der Waals surface area (Å²) in [7, 11) is 0. The Morgan fingerprint density at radius 2 is 1.89 bits per heavy atom. The zero-order valence-electron chi connectivity index (χ0n) is 10.9. The molecule has 0 bridgehead atoms. The maximum Gasteiger partial charge on any atom is 0.320 e. The van der Waals surface area contributed by atoms with E-state index in [1.807, 2.05) is 30.3 Å². The van der Waals surface area contributed by atoms with Crippen molar-refractivity contribution in [1.29, 1.82) is 5.26 Å². The molecule has 19 heavy (non-hydrogen) atoms. The first-order valence-electron chi connectivity index (χ1n) is 6.82. The van der Waals surface area contributed by atoms with Crippen molar-refractivity contribution < 1.29 is 4.79 Å². The lowest BCUT2D eigenvalue weighted by Crippen LogP contribution is -2.42. The van der Waals surface area contributed by atoms with Crippen LogP contribution in [0.5, 0.6) is 0 Å². The number of nitrogens with one attached hydrogen (secondary N) is 2. The topological polar surface area (TPSA) is 64.9 Å². The number of amides is 2. The molecule has 1 aromatic carbocycles. The van der Waals surface area contributed by atoms with Crippen LogP contribution in [0.15, 0.2) is 30.3 Å². The lowest BCUT2D eigenvalue weighted by molar-refractivity contribution is 0.241. The molecule has 0 saturated heterocycles. The molecule has 1 aliphatic carbocycles. The van der Waals surface area contributed by atoms with E-state index in [-0.39, 0.29) is 12.1 Å². The van der Waals surface area contributed by atoms with Gasteiger partial charge in [-0.1, -0.05) is 37.5 Å². The molecule has 1 unspecified atom stereocenters. The average molecular weight is 257 g/mol. The maximum atomic E-state index is 11.9. The highest BCUT2D eigenvalue weighted by molar-refractivity contribution is 5.89. The molecule has 2 rings (SSSR count). The second kappa shape index (κ2) is 6.79. The Balaban J connectivity index is 1.87. The van der Waals surface area contributed by atoms with E-state index >= 15 is 0 Å². The molecule has 0 heterocycles. The van der Waals surface area contributed by atoms with Gasteiger partial charge in [-0.25, -0.2) is 4.79 Å². The van der Waals surface area contributed by atoms with Gasteiger partial charge in [-0.2, -0.15) is 5.26 Å². The van der Waals surface area contributed by atoms with Crippen LogP contribution in [0.3, 0.4) is 0 Å². The number of hydrogen-bond acceptors (Lipinski definition) is 2. The van der Waals surface area contributed by atoms with Crippen LogP contribution in [0, 0.1) is 17.2 Å². The minimum absolute atomic E-state index is 0.292. The van der Waals surface area contributed by atoms with Crippen molar-refractivity contribution in [3.63, 3.8) is 0 Å². The van der Waals surface area contributed by atoms with Crippen molar-refractivity contribution in [3.8, 4) is 6.07 Å². The van der Waals surface area contributed by atoms with E-state index in [2.05, 4.69) is 16.7 Å². The molecule has 1 aromatic rings. The Bertz CT molecular complexity index is 446. The number of benzene rings is 1. The Kier molecular flexibility index (Phi) is 4.79. The van der Waals surface area contributed by atoms with Crippen LogP contribution in [0.2, 0.25) is 0 Å².